The number of ether oxygens (including phenoxy) is 1. The fraction of sp³-hybridized carbons (Fsp3) is 0.923. The summed E-state index contributed by atoms with van der Waals surface area (Å²) in [6.45, 7) is 5.32. The third-order valence-electron chi connectivity index (χ3n) is 3.78. The molecule has 3 nitrogen and oxygen atoms in total. The molecule has 0 unspecified atom stereocenters. The highest BCUT2D eigenvalue weighted by Gasteiger charge is 2.50. The second-order valence-electron chi connectivity index (χ2n) is 4.84. The first kappa shape index (κ1) is 13.5. The molecule has 1 aliphatic heterocycles. The molecule has 1 rings (SSSR count). The SMILES string of the molecule is CCCC(O)(CCC)C1(C#N)CCOCC1. The van der Waals surface area contributed by atoms with E-state index < -0.39 is 11.0 Å². The molecule has 0 spiro atoms. The molecular weight excluding hydrogens is 202 g/mol. The molecule has 0 radical (unpaired) electrons. The second-order valence-corrected chi connectivity index (χ2v) is 4.84. The quantitative estimate of drug-likeness (QED) is 0.782. The summed E-state index contributed by atoms with van der Waals surface area (Å²) >= 11 is 0. The van der Waals surface area contributed by atoms with Crippen LogP contribution in [0.25, 0.3) is 0 Å². The van der Waals surface area contributed by atoms with Gasteiger partial charge < -0.3 is 9.84 Å². The maximum absolute atomic E-state index is 10.8. The van der Waals surface area contributed by atoms with Crippen LogP contribution in [0, 0.1) is 16.7 Å². The summed E-state index contributed by atoms with van der Waals surface area (Å²) in [4.78, 5) is 0. The molecule has 1 aliphatic rings. The van der Waals surface area contributed by atoms with E-state index in [-0.39, 0.29) is 0 Å². The number of hydrogen-bond donors (Lipinski definition) is 1. The van der Waals surface area contributed by atoms with E-state index in [1.165, 1.54) is 0 Å². The summed E-state index contributed by atoms with van der Waals surface area (Å²) < 4.78 is 5.32. The molecule has 0 aromatic heterocycles. The van der Waals surface area contributed by atoms with Crippen LogP contribution in [0.5, 0.6) is 0 Å². The molecule has 0 amide bonds. The van der Waals surface area contributed by atoms with Gasteiger partial charge in [0.05, 0.1) is 17.1 Å². The fourth-order valence-corrected chi connectivity index (χ4v) is 2.83. The van der Waals surface area contributed by atoms with Gasteiger partial charge in [-0.2, -0.15) is 5.26 Å². The summed E-state index contributed by atoms with van der Waals surface area (Å²) in [7, 11) is 0. The van der Waals surface area contributed by atoms with Crippen LogP contribution in [0.4, 0.5) is 0 Å². The van der Waals surface area contributed by atoms with E-state index in [0.29, 0.717) is 38.9 Å². The Labute approximate surface area is 98.4 Å². The van der Waals surface area contributed by atoms with Crippen molar-refractivity contribution in [3.05, 3.63) is 0 Å². The maximum atomic E-state index is 10.8. The molecule has 16 heavy (non-hydrogen) atoms. The van der Waals surface area contributed by atoms with Gasteiger partial charge in [-0.3, -0.25) is 0 Å². The van der Waals surface area contributed by atoms with Crippen molar-refractivity contribution < 1.29 is 9.84 Å². The van der Waals surface area contributed by atoms with Crippen molar-refractivity contribution in [1.29, 1.82) is 5.26 Å². The predicted molar refractivity (Wildman–Crippen MR) is 62.9 cm³/mol. The average Bonchev–Trinajstić information content (AvgIpc) is 2.30. The summed E-state index contributed by atoms with van der Waals surface area (Å²) in [6.07, 6.45) is 4.60. The summed E-state index contributed by atoms with van der Waals surface area (Å²) in [6, 6.07) is 2.40. The lowest BCUT2D eigenvalue weighted by Gasteiger charge is -2.45. The number of nitrogens with zero attached hydrogens (tertiary/aromatic N) is 1. The zero-order valence-corrected chi connectivity index (χ0v) is 10.5. The molecule has 1 fully saturated rings. The Bertz CT molecular complexity index is 245. The molecular formula is C13H23NO2. The van der Waals surface area contributed by atoms with Gasteiger partial charge in [-0.15, -0.1) is 0 Å². The number of nitriles is 1. The molecule has 0 saturated carbocycles. The number of hydrogen-bond acceptors (Lipinski definition) is 3. The van der Waals surface area contributed by atoms with E-state index in [1.54, 1.807) is 0 Å². The lowest BCUT2D eigenvalue weighted by atomic mass is 9.64. The minimum atomic E-state index is -0.824. The molecule has 1 heterocycles. The molecule has 1 N–H and O–H groups in total. The minimum Gasteiger partial charge on any atom is -0.388 e. The third-order valence-corrected chi connectivity index (χ3v) is 3.78. The van der Waals surface area contributed by atoms with Gasteiger partial charge in [0.2, 0.25) is 0 Å². The van der Waals surface area contributed by atoms with Crippen molar-refractivity contribution in [1.82, 2.24) is 0 Å². The average molecular weight is 225 g/mol. The van der Waals surface area contributed by atoms with E-state index in [1.807, 2.05) is 0 Å². The van der Waals surface area contributed by atoms with Gasteiger partial charge in [-0.05, 0) is 25.7 Å². The molecule has 0 atom stereocenters. The summed E-state index contributed by atoms with van der Waals surface area (Å²) in [5.74, 6) is 0. The maximum Gasteiger partial charge on any atom is 0.0903 e. The first-order valence-corrected chi connectivity index (χ1v) is 6.35. The zero-order chi connectivity index (χ0) is 12.1. The Morgan fingerprint density at radius 3 is 2.12 bits per heavy atom. The Morgan fingerprint density at radius 1 is 1.25 bits per heavy atom. The molecule has 92 valence electrons. The van der Waals surface area contributed by atoms with Gasteiger partial charge in [-0.1, -0.05) is 26.7 Å². The topological polar surface area (TPSA) is 53.2 Å². The molecule has 0 aromatic rings. The van der Waals surface area contributed by atoms with Crippen molar-refractivity contribution in [3.63, 3.8) is 0 Å². The Hall–Kier alpha value is -0.590. The summed E-state index contributed by atoms with van der Waals surface area (Å²) in [5, 5.41) is 20.3. The Balaban J connectivity index is 2.92. The van der Waals surface area contributed by atoms with Gasteiger partial charge in [0.1, 0.15) is 0 Å². The fourth-order valence-electron chi connectivity index (χ4n) is 2.83. The predicted octanol–water partition coefficient (Wildman–Crippen LogP) is 2.64. The molecule has 0 aromatic carbocycles. The number of rotatable bonds is 5. The third kappa shape index (κ3) is 2.39. The monoisotopic (exact) mass is 225 g/mol. The highest BCUT2D eigenvalue weighted by Crippen LogP contribution is 2.45. The highest BCUT2D eigenvalue weighted by molar-refractivity contribution is 5.12. The van der Waals surface area contributed by atoms with E-state index in [4.69, 9.17) is 4.74 Å². The van der Waals surface area contributed by atoms with Gasteiger partial charge >= 0.3 is 0 Å². The minimum absolute atomic E-state index is 0.586. The van der Waals surface area contributed by atoms with Crippen molar-refractivity contribution in [2.24, 2.45) is 5.41 Å². The standard InChI is InChI=1S/C13H23NO2/c1-3-5-13(15,6-4-2)12(11-14)7-9-16-10-8-12/h15H,3-10H2,1-2H3. The van der Waals surface area contributed by atoms with Gasteiger partial charge in [0.15, 0.2) is 0 Å². The van der Waals surface area contributed by atoms with E-state index in [9.17, 15) is 10.4 Å². The van der Waals surface area contributed by atoms with E-state index in [0.717, 1.165) is 12.8 Å². The highest BCUT2D eigenvalue weighted by atomic mass is 16.5. The molecule has 0 bridgehead atoms. The molecule has 1 saturated heterocycles. The van der Waals surface area contributed by atoms with Crippen molar-refractivity contribution in [2.45, 2.75) is 58.0 Å². The second kappa shape index (κ2) is 5.65. The normalized spacial score (nSPS) is 20.4. The lowest BCUT2D eigenvalue weighted by Crippen LogP contribution is -2.50. The molecule has 0 aliphatic carbocycles. The lowest BCUT2D eigenvalue weighted by molar-refractivity contribution is -0.113. The van der Waals surface area contributed by atoms with Crippen LogP contribution in [0.3, 0.4) is 0 Å². The van der Waals surface area contributed by atoms with Crippen molar-refractivity contribution in [2.75, 3.05) is 13.2 Å². The Kier molecular flexibility index (Phi) is 4.76. The van der Waals surface area contributed by atoms with Crippen LogP contribution in [-0.2, 0) is 4.74 Å². The van der Waals surface area contributed by atoms with Gasteiger partial charge in [-0.25, -0.2) is 0 Å². The van der Waals surface area contributed by atoms with Crippen LogP contribution < -0.4 is 0 Å². The number of aliphatic hydroxyl groups is 1. The first-order chi connectivity index (χ1) is 7.64. The summed E-state index contributed by atoms with van der Waals surface area (Å²) in [5.41, 5.74) is -1.41. The van der Waals surface area contributed by atoms with E-state index in [2.05, 4.69) is 19.9 Å². The van der Waals surface area contributed by atoms with Gasteiger partial charge in [0, 0.05) is 13.2 Å². The van der Waals surface area contributed by atoms with Crippen LogP contribution in [0.15, 0.2) is 0 Å². The largest absolute Gasteiger partial charge is 0.388 e. The van der Waals surface area contributed by atoms with Crippen LogP contribution in [0.1, 0.15) is 52.4 Å². The Morgan fingerprint density at radius 2 is 1.75 bits per heavy atom. The van der Waals surface area contributed by atoms with Crippen LogP contribution >= 0.6 is 0 Å². The van der Waals surface area contributed by atoms with Crippen molar-refractivity contribution >= 4 is 0 Å². The zero-order valence-electron chi connectivity index (χ0n) is 10.5. The molecule has 3 heteroatoms. The smallest absolute Gasteiger partial charge is 0.0903 e. The van der Waals surface area contributed by atoms with E-state index >= 15 is 0 Å². The van der Waals surface area contributed by atoms with Gasteiger partial charge in [0.25, 0.3) is 0 Å². The van der Waals surface area contributed by atoms with Crippen molar-refractivity contribution in [3.8, 4) is 6.07 Å². The van der Waals surface area contributed by atoms with Crippen LogP contribution in [-0.4, -0.2) is 23.9 Å². The van der Waals surface area contributed by atoms with Crippen LogP contribution in [0.2, 0.25) is 0 Å². The first-order valence-electron chi connectivity index (χ1n) is 6.35.